The van der Waals surface area contributed by atoms with E-state index in [2.05, 4.69) is 10.6 Å². The predicted molar refractivity (Wildman–Crippen MR) is 81.5 cm³/mol. The largest absolute Gasteiger partial charge is 0.388 e. The van der Waals surface area contributed by atoms with Gasteiger partial charge in [0.2, 0.25) is 11.8 Å². The van der Waals surface area contributed by atoms with Gasteiger partial charge < -0.3 is 30.0 Å². The van der Waals surface area contributed by atoms with Crippen LogP contribution in [0.1, 0.15) is 38.5 Å². The van der Waals surface area contributed by atoms with E-state index >= 15 is 0 Å². The molecule has 1 aliphatic rings. The number of rotatable bonds is 11. The summed E-state index contributed by atoms with van der Waals surface area (Å²) in [5.74, 6) is -0.513. The van der Waals surface area contributed by atoms with Crippen LogP contribution in [0, 0.1) is 0 Å². The topological polar surface area (TPSA) is 114 Å². The minimum absolute atomic E-state index is 0.0882. The van der Waals surface area contributed by atoms with Crippen molar-refractivity contribution in [3.05, 3.63) is 0 Å². The quantitative estimate of drug-likeness (QED) is 0.347. The van der Waals surface area contributed by atoms with Gasteiger partial charge >= 0.3 is 0 Å². The fraction of sp³-hybridized carbons (Fsp3) is 0.800. The van der Waals surface area contributed by atoms with Crippen LogP contribution in [0.4, 0.5) is 0 Å². The molecule has 132 valence electrons. The van der Waals surface area contributed by atoms with E-state index in [0.717, 1.165) is 12.7 Å². The SMILES string of the molecule is O=CCCCCC(=O)NCC(=O)NCCOC1OCCCC1O. The van der Waals surface area contributed by atoms with Crippen LogP contribution in [-0.4, -0.2) is 61.9 Å². The van der Waals surface area contributed by atoms with Crippen molar-refractivity contribution in [3.63, 3.8) is 0 Å². The molecular formula is C15H26N2O6. The van der Waals surface area contributed by atoms with Gasteiger partial charge in [-0.15, -0.1) is 0 Å². The van der Waals surface area contributed by atoms with E-state index in [1.807, 2.05) is 0 Å². The van der Waals surface area contributed by atoms with Crippen molar-refractivity contribution in [1.29, 1.82) is 0 Å². The summed E-state index contributed by atoms with van der Waals surface area (Å²) in [6.45, 7) is 0.982. The second-order valence-corrected chi connectivity index (χ2v) is 5.36. The molecule has 0 saturated carbocycles. The molecule has 8 nitrogen and oxygen atoms in total. The summed E-state index contributed by atoms with van der Waals surface area (Å²) in [5, 5.41) is 14.7. The van der Waals surface area contributed by atoms with Crippen molar-refractivity contribution >= 4 is 18.1 Å². The number of ether oxygens (including phenoxy) is 2. The zero-order valence-corrected chi connectivity index (χ0v) is 13.3. The fourth-order valence-electron chi connectivity index (χ4n) is 2.11. The van der Waals surface area contributed by atoms with Crippen molar-refractivity contribution in [3.8, 4) is 0 Å². The lowest BCUT2D eigenvalue weighted by Crippen LogP contribution is -2.40. The van der Waals surface area contributed by atoms with E-state index < -0.39 is 12.4 Å². The first-order valence-electron chi connectivity index (χ1n) is 8.01. The summed E-state index contributed by atoms with van der Waals surface area (Å²) in [6.07, 6.45) is 3.09. The van der Waals surface area contributed by atoms with E-state index in [-0.39, 0.29) is 31.5 Å². The first-order valence-corrected chi connectivity index (χ1v) is 8.01. The summed E-state index contributed by atoms with van der Waals surface area (Å²) in [5.41, 5.74) is 0. The summed E-state index contributed by atoms with van der Waals surface area (Å²) >= 11 is 0. The van der Waals surface area contributed by atoms with E-state index in [1.165, 1.54) is 0 Å². The summed E-state index contributed by atoms with van der Waals surface area (Å²) in [6, 6.07) is 0. The Labute approximate surface area is 135 Å². The van der Waals surface area contributed by atoms with E-state index in [9.17, 15) is 19.5 Å². The van der Waals surface area contributed by atoms with Crippen molar-refractivity contribution in [1.82, 2.24) is 10.6 Å². The normalized spacial score (nSPS) is 20.7. The zero-order chi connectivity index (χ0) is 16.9. The van der Waals surface area contributed by atoms with E-state index in [1.54, 1.807) is 0 Å². The number of unbranched alkanes of at least 4 members (excludes halogenated alkanes) is 2. The van der Waals surface area contributed by atoms with Gasteiger partial charge in [-0.05, 0) is 25.7 Å². The second-order valence-electron chi connectivity index (χ2n) is 5.36. The number of carbonyl (C=O) groups excluding carboxylic acids is 3. The first-order chi connectivity index (χ1) is 11.1. The number of aldehydes is 1. The maximum atomic E-state index is 11.5. The number of hydrogen-bond donors (Lipinski definition) is 3. The minimum atomic E-state index is -0.633. The monoisotopic (exact) mass is 330 g/mol. The Kier molecular flexibility index (Phi) is 10.2. The fourth-order valence-corrected chi connectivity index (χ4v) is 2.11. The number of nitrogens with one attached hydrogen (secondary N) is 2. The first kappa shape index (κ1) is 19.5. The Bertz CT molecular complexity index is 377. The lowest BCUT2D eigenvalue weighted by atomic mass is 10.1. The molecular weight excluding hydrogens is 304 g/mol. The molecule has 0 radical (unpaired) electrons. The molecule has 1 fully saturated rings. The summed E-state index contributed by atoms with van der Waals surface area (Å²) in [4.78, 5) is 33.1. The van der Waals surface area contributed by atoms with Crippen molar-refractivity contribution in [2.75, 3.05) is 26.3 Å². The molecule has 0 bridgehead atoms. The summed E-state index contributed by atoms with van der Waals surface area (Å²) < 4.78 is 10.6. The Morgan fingerprint density at radius 2 is 2.09 bits per heavy atom. The van der Waals surface area contributed by atoms with Gasteiger partial charge in [0.05, 0.1) is 13.2 Å². The van der Waals surface area contributed by atoms with Crippen LogP contribution >= 0.6 is 0 Å². The predicted octanol–water partition coefficient (Wildman–Crippen LogP) is -0.508. The molecule has 0 aromatic rings. The maximum absolute atomic E-state index is 11.5. The third-order valence-electron chi connectivity index (χ3n) is 3.37. The van der Waals surface area contributed by atoms with Gasteiger partial charge in [-0.2, -0.15) is 0 Å². The van der Waals surface area contributed by atoms with Gasteiger partial charge in [0, 0.05) is 26.0 Å². The number of hydrogen-bond acceptors (Lipinski definition) is 6. The Morgan fingerprint density at radius 3 is 2.83 bits per heavy atom. The van der Waals surface area contributed by atoms with Gasteiger partial charge in [-0.3, -0.25) is 9.59 Å². The molecule has 2 atom stereocenters. The van der Waals surface area contributed by atoms with Crippen LogP contribution in [-0.2, 0) is 23.9 Å². The number of aliphatic hydroxyl groups excluding tert-OH is 1. The van der Waals surface area contributed by atoms with Crippen LogP contribution in [0.15, 0.2) is 0 Å². The molecule has 1 heterocycles. The third kappa shape index (κ3) is 9.27. The summed E-state index contributed by atoms with van der Waals surface area (Å²) in [7, 11) is 0. The standard InChI is InChI=1S/C15H26N2O6/c18-8-3-1-2-6-13(20)17-11-14(21)16-7-10-23-15-12(19)5-4-9-22-15/h8,12,15,19H,1-7,9-11H2,(H,16,21)(H,17,20). The molecule has 8 heteroatoms. The van der Waals surface area contributed by atoms with Gasteiger partial charge in [0.15, 0.2) is 6.29 Å². The number of aliphatic hydroxyl groups is 1. The highest BCUT2D eigenvalue weighted by molar-refractivity contribution is 5.84. The van der Waals surface area contributed by atoms with Gasteiger partial charge in [-0.25, -0.2) is 0 Å². The van der Waals surface area contributed by atoms with Crippen LogP contribution in [0.5, 0.6) is 0 Å². The maximum Gasteiger partial charge on any atom is 0.239 e. The van der Waals surface area contributed by atoms with Crippen molar-refractivity contribution in [2.45, 2.75) is 50.9 Å². The lowest BCUT2D eigenvalue weighted by molar-refractivity contribution is -0.213. The lowest BCUT2D eigenvalue weighted by Gasteiger charge is -2.27. The average Bonchev–Trinajstić information content (AvgIpc) is 2.55. The highest BCUT2D eigenvalue weighted by Gasteiger charge is 2.24. The molecule has 1 rings (SSSR count). The highest BCUT2D eigenvalue weighted by Crippen LogP contribution is 2.14. The van der Waals surface area contributed by atoms with Gasteiger partial charge in [-0.1, -0.05) is 0 Å². The molecule has 23 heavy (non-hydrogen) atoms. The molecule has 3 N–H and O–H groups in total. The van der Waals surface area contributed by atoms with E-state index in [4.69, 9.17) is 9.47 Å². The average molecular weight is 330 g/mol. The molecule has 0 aromatic heterocycles. The zero-order valence-electron chi connectivity index (χ0n) is 13.3. The molecule has 0 aromatic carbocycles. The molecule has 2 amide bonds. The minimum Gasteiger partial charge on any atom is -0.388 e. The molecule has 2 unspecified atom stereocenters. The van der Waals surface area contributed by atoms with Crippen LogP contribution in [0.3, 0.4) is 0 Å². The van der Waals surface area contributed by atoms with Crippen LogP contribution < -0.4 is 10.6 Å². The molecule has 0 spiro atoms. The number of carbonyl (C=O) groups is 3. The van der Waals surface area contributed by atoms with Crippen LogP contribution in [0.2, 0.25) is 0 Å². The van der Waals surface area contributed by atoms with Crippen LogP contribution in [0.25, 0.3) is 0 Å². The third-order valence-corrected chi connectivity index (χ3v) is 3.37. The second kappa shape index (κ2) is 12.0. The molecule has 1 aliphatic heterocycles. The molecule has 0 aliphatic carbocycles. The Hall–Kier alpha value is -1.51. The van der Waals surface area contributed by atoms with Gasteiger partial charge in [0.25, 0.3) is 0 Å². The smallest absolute Gasteiger partial charge is 0.239 e. The van der Waals surface area contributed by atoms with Gasteiger partial charge in [0.1, 0.15) is 12.4 Å². The number of amides is 2. The Morgan fingerprint density at radius 1 is 1.26 bits per heavy atom. The van der Waals surface area contributed by atoms with Crippen molar-refractivity contribution < 1.29 is 29.0 Å². The van der Waals surface area contributed by atoms with E-state index in [0.29, 0.717) is 38.7 Å². The molecule has 1 saturated heterocycles. The Balaban J connectivity index is 1.99. The van der Waals surface area contributed by atoms with Crippen molar-refractivity contribution in [2.24, 2.45) is 0 Å². The highest BCUT2D eigenvalue weighted by atomic mass is 16.7.